The molecule has 7 N–H and O–H groups in total. The van der Waals surface area contributed by atoms with Crippen molar-refractivity contribution in [3.05, 3.63) is 106 Å². The number of ether oxygens (including phenoxy) is 1. The summed E-state index contributed by atoms with van der Waals surface area (Å²) >= 11 is 0. The van der Waals surface area contributed by atoms with Crippen LogP contribution in [0.15, 0.2) is 67.0 Å². The summed E-state index contributed by atoms with van der Waals surface area (Å²) in [5.41, 5.74) is -4.65. The fourth-order valence-electron chi connectivity index (χ4n) is 9.44. The molecule has 26 heteroatoms. The van der Waals surface area contributed by atoms with E-state index in [2.05, 4.69) is 37.4 Å². The van der Waals surface area contributed by atoms with E-state index in [0.717, 1.165) is 64.9 Å². The molecular formula is C53H62F10N10O6. The number of anilines is 1. The van der Waals surface area contributed by atoms with Crippen LogP contribution in [0.5, 0.6) is 0 Å². The Balaban J connectivity index is 1.29. The van der Waals surface area contributed by atoms with Crippen molar-refractivity contribution < 1.29 is 72.9 Å². The zero-order chi connectivity index (χ0) is 58.4. The van der Waals surface area contributed by atoms with Crippen molar-refractivity contribution in [3.63, 3.8) is 0 Å². The lowest BCUT2D eigenvalue weighted by Crippen LogP contribution is -2.63. The molecule has 6 atom stereocenters. The van der Waals surface area contributed by atoms with Gasteiger partial charge >= 0.3 is 18.9 Å². The normalized spacial score (nSPS) is 18.7. The van der Waals surface area contributed by atoms with Gasteiger partial charge in [-0.1, -0.05) is 24.0 Å². The Morgan fingerprint density at radius 3 is 1.82 bits per heavy atom. The van der Waals surface area contributed by atoms with Crippen LogP contribution >= 0.6 is 0 Å². The largest absolute Gasteiger partial charge is 0.396 e. The number of nitrogens with zero attached hydrogens (tertiary/aromatic N) is 4. The van der Waals surface area contributed by atoms with Crippen LogP contribution in [-0.2, 0) is 36.9 Å². The first-order chi connectivity index (χ1) is 36.9. The number of aromatic nitrogens is 1. The van der Waals surface area contributed by atoms with E-state index < -0.39 is 126 Å². The number of fused-ring (bicyclic) bond motifs is 2. The molecule has 0 spiro atoms. The van der Waals surface area contributed by atoms with Crippen LogP contribution in [0.3, 0.4) is 0 Å². The second-order valence-corrected chi connectivity index (χ2v) is 20.9. The number of hydrogen-bond donors (Lipinski definition) is 7. The molecule has 3 saturated heterocycles. The van der Waals surface area contributed by atoms with Gasteiger partial charge in [0.25, 0.3) is 5.91 Å². The molecule has 0 aliphatic carbocycles. The summed E-state index contributed by atoms with van der Waals surface area (Å²) in [5.74, 6) is -1.25. The first-order valence-corrected chi connectivity index (χ1v) is 25.0. The van der Waals surface area contributed by atoms with Crippen LogP contribution in [0.25, 0.3) is 0 Å². The molecule has 0 radical (unpaired) electrons. The van der Waals surface area contributed by atoms with Gasteiger partial charge in [-0.3, -0.25) is 29.5 Å². The Morgan fingerprint density at radius 2 is 1.34 bits per heavy atom. The lowest BCUT2D eigenvalue weighted by molar-refractivity contribution is -0.222. The van der Waals surface area contributed by atoms with Gasteiger partial charge in [0.05, 0.1) is 47.9 Å². The summed E-state index contributed by atoms with van der Waals surface area (Å²) in [6.07, 6.45) is -7.58. The number of hydrogen-bond acceptors (Lipinski definition) is 12. The number of piperazine rings is 1. The highest BCUT2D eigenvalue weighted by Gasteiger charge is 2.57. The number of pyridine rings is 1. The fourth-order valence-corrected chi connectivity index (χ4v) is 9.44. The molecule has 3 unspecified atom stereocenters. The Hall–Kier alpha value is -6.82. The molecule has 4 heterocycles. The number of rotatable bonds is 21. The number of alkyl halides is 8. The molecule has 79 heavy (non-hydrogen) atoms. The molecule has 2 bridgehead atoms. The van der Waals surface area contributed by atoms with Crippen LogP contribution in [0, 0.1) is 39.7 Å². The zero-order valence-corrected chi connectivity index (χ0v) is 43.9. The number of halogens is 10. The van der Waals surface area contributed by atoms with Gasteiger partial charge in [0, 0.05) is 86.8 Å². The minimum absolute atomic E-state index is 0.298. The van der Waals surface area contributed by atoms with Gasteiger partial charge in [-0.05, 0) is 95.0 Å². The summed E-state index contributed by atoms with van der Waals surface area (Å²) in [6, 6.07) is 5.85. The average molecular weight is 1130 g/mol. The topological polar surface area (TPSA) is 204 Å². The smallest absolute Gasteiger partial charge is 0.390 e. The van der Waals surface area contributed by atoms with Crippen molar-refractivity contribution in [1.82, 2.24) is 41.6 Å². The van der Waals surface area contributed by atoms with Crippen molar-refractivity contribution in [2.24, 2.45) is 10.8 Å². The molecule has 3 aromatic rings. The molecular weight excluding hydrogens is 1060 g/mol. The second kappa shape index (κ2) is 25.1. The first-order valence-electron chi connectivity index (χ1n) is 25.0. The number of nitrogens with one attached hydrogen (secondary N) is 6. The summed E-state index contributed by atoms with van der Waals surface area (Å²) in [4.78, 5) is 61.9. The Bertz CT molecular complexity index is 2740. The standard InChI is InChI=1S/C53H62F10N10O6/c1-29(74)67-45(50(3,4)52(58,59)60)47(77)69-42(19-32-10-7-31(8-11-32)9-12-33-13-16-44(66-22-33)71-23-35-14-15-36(24-71)73(35)37-27-79-28-37)43(76)26-72(70-48(78)46(68-30(2)75)51(5,6)53(61,62)63)25-38-39(54)20-34(21-40(38)55)41(64)17-18-65-49(56)57/h7-8,10-11,13,16-18,20-22,35-37,42-43,45-46,49,64-65,76H,14-15,19,23-28H2,1-6H3,(H,67,74)(H,68,75)(H,69,77)(H,70,78)/b18-17-,64-41?/t35?,36?,42-,43-,45?,46+/m0/s1. The molecule has 3 fully saturated rings. The highest BCUT2D eigenvalue weighted by molar-refractivity contribution is 6.06. The van der Waals surface area contributed by atoms with Gasteiger partial charge < -0.3 is 41.4 Å². The lowest BCUT2D eigenvalue weighted by atomic mass is 9.82. The van der Waals surface area contributed by atoms with E-state index in [1.807, 2.05) is 22.8 Å². The van der Waals surface area contributed by atoms with Crippen LogP contribution in [0.1, 0.15) is 82.2 Å². The lowest BCUT2D eigenvalue weighted by Gasteiger charge is -2.47. The highest BCUT2D eigenvalue weighted by atomic mass is 19.4. The second-order valence-electron chi connectivity index (χ2n) is 20.9. The third kappa shape index (κ3) is 15.3. The predicted octanol–water partition coefficient (Wildman–Crippen LogP) is 5.61. The van der Waals surface area contributed by atoms with Crippen LogP contribution in [0.2, 0.25) is 0 Å². The fraction of sp³-hybridized carbons (Fsp3) is 0.509. The predicted molar refractivity (Wildman–Crippen MR) is 269 cm³/mol. The molecule has 4 amide bonds. The number of carbonyl (C=O) groups is 4. The molecule has 16 nitrogen and oxygen atoms in total. The van der Waals surface area contributed by atoms with E-state index in [9.17, 15) is 59.4 Å². The monoisotopic (exact) mass is 1120 g/mol. The van der Waals surface area contributed by atoms with Crippen LogP contribution in [0.4, 0.5) is 49.7 Å². The van der Waals surface area contributed by atoms with Gasteiger partial charge in [0.2, 0.25) is 17.7 Å². The molecule has 0 saturated carbocycles. The molecule has 1 aromatic heterocycles. The summed E-state index contributed by atoms with van der Waals surface area (Å²) < 4.78 is 149. The summed E-state index contributed by atoms with van der Waals surface area (Å²) in [7, 11) is 0. The van der Waals surface area contributed by atoms with Crippen LogP contribution < -0.4 is 31.6 Å². The quantitative estimate of drug-likeness (QED) is 0.0230. The Morgan fingerprint density at radius 1 is 0.810 bits per heavy atom. The molecule has 3 aliphatic rings. The minimum Gasteiger partial charge on any atom is -0.390 e. The number of hydrazine groups is 1. The number of amides is 4. The zero-order valence-electron chi connectivity index (χ0n) is 43.9. The maximum Gasteiger partial charge on any atom is 0.396 e. The van der Waals surface area contributed by atoms with E-state index in [1.54, 1.807) is 23.6 Å². The van der Waals surface area contributed by atoms with Gasteiger partial charge in [0.1, 0.15) is 29.5 Å². The van der Waals surface area contributed by atoms with E-state index >= 15 is 8.78 Å². The highest BCUT2D eigenvalue weighted by Crippen LogP contribution is 2.42. The average Bonchev–Trinajstić information content (AvgIpc) is 3.70. The number of carbonyl (C=O) groups excluding carboxylic acids is 4. The van der Waals surface area contributed by atoms with Crippen LogP contribution in [-0.4, -0.2) is 143 Å². The van der Waals surface area contributed by atoms with Crippen molar-refractivity contribution in [1.29, 1.82) is 5.41 Å². The number of aliphatic hydroxyl groups excluding tert-OH is 1. The number of aliphatic hydroxyl groups is 1. The molecule has 430 valence electrons. The van der Waals surface area contributed by atoms with Crippen molar-refractivity contribution in [2.75, 3.05) is 37.7 Å². The van der Waals surface area contributed by atoms with Gasteiger partial charge in [-0.2, -0.15) is 35.1 Å². The first kappa shape index (κ1) is 61.4. The third-order valence-electron chi connectivity index (χ3n) is 14.3. The van der Waals surface area contributed by atoms with E-state index in [1.165, 1.54) is 12.1 Å². The number of allylic oxidation sites excluding steroid dienone is 1. The maximum atomic E-state index is 15.9. The molecule has 3 aliphatic heterocycles. The van der Waals surface area contributed by atoms with Crippen molar-refractivity contribution in [2.45, 2.75) is 129 Å². The van der Waals surface area contributed by atoms with E-state index in [4.69, 9.17) is 10.1 Å². The van der Waals surface area contributed by atoms with Crippen molar-refractivity contribution in [3.8, 4) is 11.8 Å². The minimum atomic E-state index is -5.17. The van der Waals surface area contributed by atoms with E-state index in [-0.39, 0.29) is 0 Å². The third-order valence-corrected chi connectivity index (χ3v) is 14.3. The Labute approximate surface area is 449 Å². The summed E-state index contributed by atoms with van der Waals surface area (Å²) in [5, 5.41) is 28.4. The maximum absolute atomic E-state index is 15.9. The van der Waals surface area contributed by atoms with E-state index in [0.29, 0.717) is 85.9 Å². The number of benzene rings is 2. The molecule has 6 rings (SSSR count). The Kier molecular flexibility index (Phi) is 19.5. The van der Waals surface area contributed by atoms with Crippen molar-refractivity contribution >= 4 is 35.2 Å². The van der Waals surface area contributed by atoms with Gasteiger partial charge in [0.15, 0.2) is 0 Å². The SMILES string of the molecule is CC(=O)NC(C(=O)N[C@@H](Cc1ccc(C#Cc2ccc(N3CC4CCC(C3)N4C3COC3)nc2)cc1)[C@@H](O)CN(Cc1c(F)cc(C(=N)/C=C\NC(F)F)cc1F)NC(=O)[C@@H](NC(C)=O)C(C)(C)C(F)(F)F)C(C)(C)C(F)(F)F. The summed E-state index contributed by atoms with van der Waals surface area (Å²) in [6.45, 7) is 2.03. The van der Waals surface area contributed by atoms with Gasteiger partial charge in [-0.25, -0.2) is 18.8 Å². The van der Waals surface area contributed by atoms with Gasteiger partial charge in [-0.15, -0.1) is 0 Å². The molecule has 2 aromatic carbocycles.